The number of carbonyl (C=O) groups excluding carboxylic acids is 1. The van der Waals surface area contributed by atoms with Gasteiger partial charge in [0.15, 0.2) is 24.0 Å². The van der Waals surface area contributed by atoms with E-state index in [4.69, 9.17) is 4.43 Å². The molecule has 1 aliphatic rings. The fourth-order valence-electron chi connectivity index (χ4n) is 4.66. The highest BCUT2D eigenvalue weighted by molar-refractivity contribution is 7.90. The number of nitrogens with zero attached hydrogens (tertiary/aromatic N) is 2. The van der Waals surface area contributed by atoms with Gasteiger partial charge in [0.2, 0.25) is 5.91 Å². The first-order valence-electron chi connectivity index (χ1n) is 13.0. The van der Waals surface area contributed by atoms with E-state index in [0.29, 0.717) is 35.3 Å². The first-order chi connectivity index (χ1) is 16.7. The molecule has 1 aromatic carbocycles. The molecular weight excluding hydrogens is 490 g/mol. The fraction of sp³-hybridized carbons (Fsp3) is 0.630. The van der Waals surface area contributed by atoms with Gasteiger partial charge in [-0.1, -0.05) is 58.6 Å². The van der Waals surface area contributed by atoms with Crippen LogP contribution in [0.2, 0.25) is 18.1 Å². The summed E-state index contributed by atoms with van der Waals surface area (Å²) in [5.41, 5.74) is 1.52. The Balaban J connectivity index is 1.71. The molecule has 200 valence electrons. The van der Waals surface area contributed by atoms with E-state index >= 15 is 0 Å². The van der Waals surface area contributed by atoms with Gasteiger partial charge in [-0.25, -0.2) is 8.42 Å². The summed E-state index contributed by atoms with van der Waals surface area (Å²) < 4.78 is 32.2. The maximum absolute atomic E-state index is 13.5. The minimum atomic E-state index is -3.31. The predicted octanol–water partition coefficient (Wildman–Crippen LogP) is 5.92. The van der Waals surface area contributed by atoms with Crippen LogP contribution in [-0.4, -0.2) is 45.3 Å². The lowest BCUT2D eigenvalue weighted by Gasteiger charge is -2.36. The number of aromatic nitrogens is 2. The van der Waals surface area contributed by atoms with Crippen molar-refractivity contribution < 1.29 is 17.6 Å². The van der Waals surface area contributed by atoms with Crippen molar-refractivity contribution in [3.8, 4) is 0 Å². The molecule has 1 N–H and O–H groups in total. The second kappa shape index (κ2) is 11.2. The fourth-order valence-corrected chi connectivity index (χ4v) is 6.65. The van der Waals surface area contributed by atoms with Crippen molar-refractivity contribution in [3.05, 3.63) is 41.6 Å². The molecule has 1 saturated carbocycles. The molecule has 7 nitrogen and oxygen atoms in total. The van der Waals surface area contributed by atoms with Gasteiger partial charge in [-0.15, -0.1) is 0 Å². The highest BCUT2D eigenvalue weighted by atomic mass is 32.2. The number of hydrogen-bond acceptors (Lipinski definition) is 5. The SMILES string of the molecule is Cc1cc(C(CC2CCCC2)C(=O)Nc2ccn(CCO[Si](C)(C)C(C)(C)C)n2)ccc1S(C)(=O)=O. The van der Waals surface area contributed by atoms with E-state index in [0.717, 1.165) is 24.8 Å². The highest BCUT2D eigenvalue weighted by Crippen LogP contribution is 2.37. The zero-order valence-electron chi connectivity index (χ0n) is 22.9. The second-order valence-electron chi connectivity index (χ2n) is 11.8. The largest absolute Gasteiger partial charge is 0.415 e. The molecule has 3 rings (SSSR count). The Morgan fingerprint density at radius 2 is 1.89 bits per heavy atom. The average molecular weight is 534 g/mol. The van der Waals surface area contributed by atoms with E-state index in [1.54, 1.807) is 23.7 Å². The lowest BCUT2D eigenvalue weighted by molar-refractivity contribution is -0.118. The zero-order chi connectivity index (χ0) is 26.7. The number of aryl methyl sites for hydroxylation is 1. The number of rotatable bonds is 10. The third-order valence-corrected chi connectivity index (χ3v) is 13.6. The molecule has 9 heteroatoms. The van der Waals surface area contributed by atoms with Crippen LogP contribution in [0.25, 0.3) is 0 Å². The monoisotopic (exact) mass is 533 g/mol. The Labute approximate surface area is 218 Å². The third kappa shape index (κ3) is 7.29. The number of carbonyl (C=O) groups is 1. The molecule has 1 aliphatic carbocycles. The Hall–Kier alpha value is -1.97. The Bertz CT molecular complexity index is 1160. The van der Waals surface area contributed by atoms with E-state index in [-0.39, 0.29) is 16.9 Å². The summed E-state index contributed by atoms with van der Waals surface area (Å²) in [5.74, 6) is 0.567. The van der Waals surface area contributed by atoms with Crippen molar-refractivity contribution in [2.24, 2.45) is 5.92 Å². The van der Waals surface area contributed by atoms with Gasteiger partial charge < -0.3 is 9.74 Å². The molecule has 1 atom stereocenters. The average Bonchev–Trinajstić information content (AvgIpc) is 3.42. The van der Waals surface area contributed by atoms with E-state index in [1.165, 1.54) is 19.1 Å². The number of nitrogens with one attached hydrogen (secondary N) is 1. The molecular formula is C27H43N3O4SSi. The van der Waals surface area contributed by atoms with E-state index in [9.17, 15) is 13.2 Å². The van der Waals surface area contributed by atoms with Crippen LogP contribution in [-0.2, 0) is 25.6 Å². The zero-order valence-corrected chi connectivity index (χ0v) is 24.7. The van der Waals surface area contributed by atoms with Gasteiger partial charge in [-0.2, -0.15) is 5.10 Å². The van der Waals surface area contributed by atoms with Crippen molar-refractivity contribution >= 4 is 29.9 Å². The molecule has 1 fully saturated rings. The van der Waals surface area contributed by atoms with Crippen LogP contribution in [0, 0.1) is 12.8 Å². The summed E-state index contributed by atoms with van der Waals surface area (Å²) in [6.07, 6.45) is 8.50. The molecule has 0 saturated heterocycles. The first kappa shape index (κ1) is 28.6. The second-order valence-corrected chi connectivity index (χ2v) is 18.6. The van der Waals surface area contributed by atoms with Crippen LogP contribution in [0.5, 0.6) is 0 Å². The molecule has 36 heavy (non-hydrogen) atoms. The van der Waals surface area contributed by atoms with Gasteiger partial charge in [-0.05, 0) is 54.6 Å². The van der Waals surface area contributed by atoms with Crippen molar-refractivity contribution in [3.63, 3.8) is 0 Å². The lowest BCUT2D eigenvalue weighted by Crippen LogP contribution is -2.41. The highest BCUT2D eigenvalue weighted by Gasteiger charge is 2.37. The Kier molecular flexibility index (Phi) is 8.89. The predicted molar refractivity (Wildman–Crippen MR) is 148 cm³/mol. The van der Waals surface area contributed by atoms with Gasteiger partial charge in [0, 0.05) is 18.5 Å². The normalized spacial score (nSPS) is 16.3. The molecule has 1 aromatic heterocycles. The maximum Gasteiger partial charge on any atom is 0.233 e. The molecule has 2 aromatic rings. The summed E-state index contributed by atoms with van der Waals surface area (Å²) in [6.45, 7) is 14.1. The van der Waals surface area contributed by atoms with Gasteiger partial charge in [0.25, 0.3) is 0 Å². The van der Waals surface area contributed by atoms with Crippen LogP contribution in [0.1, 0.15) is 69.9 Å². The van der Waals surface area contributed by atoms with Crippen LogP contribution >= 0.6 is 0 Å². The van der Waals surface area contributed by atoms with Gasteiger partial charge in [-0.3, -0.25) is 9.48 Å². The van der Waals surface area contributed by atoms with Gasteiger partial charge in [0.05, 0.1) is 24.0 Å². The minimum absolute atomic E-state index is 0.101. The first-order valence-corrected chi connectivity index (χ1v) is 17.8. The molecule has 1 amide bonds. The summed E-state index contributed by atoms with van der Waals surface area (Å²) in [7, 11) is -5.13. The van der Waals surface area contributed by atoms with Crippen LogP contribution in [0.15, 0.2) is 35.4 Å². The number of sulfone groups is 1. The number of amides is 1. The van der Waals surface area contributed by atoms with Crippen molar-refractivity contribution in [2.75, 3.05) is 18.2 Å². The Morgan fingerprint density at radius 3 is 2.47 bits per heavy atom. The summed E-state index contributed by atoms with van der Waals surface area (Å²) in [6, 6.07) is 7.09. The standard InChI is InChI=1S/C27H43N3O4SSi/c1-20-18-22(12-13-24(20)35(5,32)33)23(19-21-10-8-9-11-21)26(31)28-25-14-15-30(29-25)16-17-34-36(6,7)27(2,3)4/h12-15,18,21,23H,8-11,16-17,19H2,1-7H3,(H,28,29,31). The summed E-state index contributed by atoms with van der Waals surface area (Å²) >= 11 is 0. The smallest absolute Gasteiger partial charge is 0.233 e. The Morgan fingerprint density at radius 1 is 1.22 bits per heavy atom. The quantitative estimate of drug-likeness (QED) is 0.383. The van der Waals surface area contributed by atoms with Crippen LogP contribution in [0.4, 0.5) is 5.82 Å². The number of hydrogen-bond donors (Lipinski definition) is 1. The summed E-state index contributed by atoms with van der Waals surface area (Å²) in [5, 5.41) is 7.71. The third-order valence-electron chi connectivity index (χ3n) is 7.84. The van der Waals surface area contributed by atoms with E-state index < -0.39 is 18.2 Å². The molecule has 0 bridgehead atoms. The molecule has 1 unspecified atom stereocenters. The van der Waals surface area contributed by atoms with Crippen molar-refractivity contribution in [1.29, 1.82) is 0 Å². The van der Waals surface area contributed by atoms with Crippen LogP contribution in [0.3, 0.4) is 0 Å². The number of benzene rings is 1. The van der Waals surface area contributed by atoms with Gasteiger partial charge >= 0.3 is 0 Å². The lowest BCUT2D eigenvalue weighted by atomic mass is 9.86. The van der Waals surface area contributed by atoms with E-state index in [2.05, 4.69) is 44.3 Å². The molecule has 0 spiro atoms. The number of anilines is 1. The molecule has 0 radical (unpaired) electrons. The van der Waals surface area contributed by atoms with E-state index in [1.807, 2.05) is 18.3 Å². The minimum Gasteiger partial charge on any atom is -0.415 e. The summed E-state index contributed by atoms with van der Waals surface area (Å²) in [4.78, 5) is 13.8. The van der Waals surface area contributed by atoms with Gasteiger partial charge in [0.1, 0.15) is 0 Å². The topological polar surface area (TPSA) is 90.3 Å². The van der Waals surface area contributed by atoms with Crippen LogP contribution < -0.4 is 5.32 Å². The maximum atomic E-state index is 13.5. The van der Waals surface area contributed by atoms with Crippen molar-refractivity contribution in [2.45, 2.75) is 95.3 Å². The molecule has 0 aliphatic heterocycles. The molecule has 1 heterocycles. The van der Waals surface area contributed by atoms with Crippen molar-refractivity contribution in [1.82, 2.24) is 9.78 Å².